The lowest BCUT2D eigenvalue weighted by Crippen LogP contribution is -2.48. The number of hydrogen-bond donors (Lipinski definition) is 1. The van der Waals surface area contributed by atoms with Crippen LogP contribution in [0, 0.1) is 17.0 Å². The molecule has 0 fully saturated rings. The van der Waals surface area contributed by atoms with Crippen molar-refractivity contribution >= 4 is 11.7 Å². The maximum Gasteiger partial charge on any atom is 0.325 e. The summed E-state index contributed by atoms with van der Waals surface area (Å²) in [4.78, 5) is 22.1. The van der Waals surface area contributed by atoms with Gasteiger partial charge in [0.2, 0.25) is 0 Å². The molecule has 1 rings (SSSR count). The number of nitrogens with zero attached hydrogens (tertiary/aromatic N) is 1. The fourth-order valence-electron chi connectivity index (χ4n) is 2.13. The van der Waals surface area contributed by atoms with Gasteiger partial charge in [0, 0.05) is 12.0 Å². The normalized spacial score (nSPS) is 14.9. The van der Waals surface area contributed by atoms with Gasteiger partial charge in [0.25, 0.3) is 0 Å². The molecule has 0 saturated heterocycles. The van der Waals surface area contributed by atoms with Crippen molar-refractivity contribution in [1.82, 2.24) is 0 Å². The highest BCUT2D eigenvalue weighted by Gasteiger charge is 2.33. The van der Waals surface area contributed by atoms with E-state index >= 15 is 0 Å². The smallest absolute Gasteiger partial charge is 0.325 e. The van der Waals surface area contributed by atoms with Gasteiger partial charge in [0.1, 0.15) is 5.54 Å². The summed E-state index contributed by atoms with van der Waals surface area (Å²) in [5, 5.41) is 11.1. The van der Waals surface area contributed by atoms with Crippen molar-refractivity contribution in [2.24, 2.45) is 5.73 Å². The molecule has 0 saturated carbocycles. The zero-order chi connectivity index (χ0) is 16.2. The molecule has 2 N–H and O–H groups in total. The Morgan fingerprint density at radius 3 is 2.67 bits per heavy atom. The summed E-state index contributed by atoms with van der Waals surface area (Å²) >= 11 is 0. The third-order valence-corrected chi connectivity index (χ3v) is 3.07. The molecule has 0 radical (unpaired) electrons. The third-order valence-electron chi connectivity index (χ3n) is 3.07. The number of hydrogen-bond acceptors (Lipinski definition) is 6. The number of rotatable bonds is 6. The fourth-order valence-corrected chi connectivity index (χ4v) is 2.13. The van der Waals surface area contributed by atoms with Gasteiger partial charge in [-0.05, 0) is 26.8 Å². The van der Waals surface area contributed by atoms with Gasteiger partial charge >= 0.3 is 11.7 Å². The van der Waals surface area contributed by atoms with Gasteiger partial charge in [0.05, 0.1) is 18.1 Å². The number of benzene rings is 1. The quantitative estimate of drug-likeness (QED) is 0.488. The van der Waals surface area contributed by atoms with E-state index in [4.69, 9.17) is 10.5 Å². The molecule has 0 aromatic heterocycles. The number of aryl methyl sites for hydroxylation is 1. The first-order valence-corrected chi connectivity index (χ1v) is 6.47. The summed E-state index contributed by atoms with van der Waals surface area (Å²) in [5.41, 5.74) is 5.07. The molecule has 21 heavy (non-hydrogen) atoms. The van der Waals surface area contributed by atoms with Gasteiger partial charge < -0.3 is 15.2 Å². The Balaban J connectivity index is 2.90. The lowest BCUT2D eigenvalue weighted by Gasteiger charge is -2.25. The molecule has 0 aliphatic rings. The number of methoxy groups -OCH3 is 1. The van der Waals surface area contributed by atoms with Crippen LogP contribution in [0.1, 0.15) is 25.8 Å². The van der Waals surface area contributed by atoms with Crippen LogP contribution >= 0.6 is 0 Å². The maximum absolute atomic E-state index is 11.5. The second-order valence-corrected chi connectivity index (χ2v) is 5.22. The van der Waals surface area contributed by atoms with Crippen LogP contribution in [0.2, 0.25) is 0 Å². The molecule has 116 valence electrons. The van der Waals surface area contributed by atoms with E-state index in [1.165, 1.54) is 20.1 Å². The van der Waals surface area contributed by atoms with E-state index in [2.05, 4.69) is 4.74 Å². The molecule has 7 nitrogen and oxygen atoms in total. The SMILES string of the molecule is COC(=O)C(C)(N)CC(C)Oc1cccc(C)c1[N+](=O)[O-]. The number of carbonyl (C=O) groups is 1. The van der Waals surface area contributed by atoms with Crippen molar-refractivity contribution in [2.75, 3.05) is 7.11 Å². The highest BCUT2D eigenvalue weighted by Crippen LogP contribution is 2.31. The van der Waals surface area contributed by atoms with E-state index in [0.29, 0.717) is 5.56 Å². The number of para-hydroxylation sites is 1. The maximum atomic E-state index is 11.5. The number of nitro benzene ring substituents is 1. The van der Waals surface area contributed by atoms with Crippen molar-refractivity contribution in [2.45, 2.75) is 38.8 Å². The van der Waals surface area contributed by atoms with Crippen molar-refractivity contribution < 1.29 is 19.2 Å². The van der Waals surface area contributed by atoms with Crippen LogP contribution < -0.4 is 10.5 Å². The minimum atomic E-state index is -1.22. The monoisotopic (exact) mass is 296 g/mol. The van der Waals surface area contributed by atoms with E-state index in [9.17, 15) is 14.9 Å². The van der Waals surface area contributed by atoms with Gasteiger partial charge in [0.15, 0.2) is 5.75 Å². The lowest BCUT2D eigenvalue weighted by molar-refractivity contribution is -0.386. The van der Waals surface area contributed by atoms with Crippen LogP contribution in [0.5, 0.6) is 5.75 Å². The Bertz CT molecular complexity index is 542. The fraction of sp³-hybridized carbons (Fsp3) is 0.500. The predicted molar refractivity (Wildman–Crippen MR) is 77.1 cm³/mol. The Kier molecular flexibility index (Phi) is 5.26. The van der Waals surface area contributed by atoms with E-state index in [1.807, 2.05) is 0 Å². The standard InChI is InChI=1S/C14H20N2O5/c1-9-6-5-7-11(12(9)16(18)19)21-10(2)8-14(3,15)13(17)20-4/h5-7,10H,8,15H2,1-4H3. The van der Waals surface area contributed by atoms with Crippen LogP contribution in [0.3, 0.4) is 0 Å². The first-order valence-electron chi connectivity index (χ1n) is 6.47. The zero-order valence-electron chi connectivity index (χ0n) is 12.6. The number of carbonyl (C=O) groups excluding carboxylic acids is 1. The van der Waals surface area contributed by atoms with E-state index < -0.39 is 22.5 Å². The summed E-state index contributed by atoms with van der Waals surface area (Å²) in [6.07, 6.45) is -0.315. The van der Waals surface area contributed by atoms with Crippen molar-refractivity contribution in [3.8, 4) is 5.75 Å². The Hall–Kier alpha value is -2.15. The molecule has 0 amide bonds. The van der Waals surface area contributed by atoms with Gasteiger partial charge in [-0.1, -0.05) is 12.1 Å². The van der Waals surface area contributed by atoms with Crippen molar-refractivity contribution in [3.05, 3.63) is 33.9 Å². The zero-order valence-corrected chi connectivity index (χ0v) is 12.6. The van der Waals surface area contributed by atoms with Crippen LogP contribution in [-0.2, 0) is 9.53 Å². The molecule has 7 heteroatoms. The molecule has 2 unspecified atom stereocenters. The average Bonchev–Trinajstić information content (AvgIpc) is 2.36. The molecule has 0 bridgehead atoms. The van der Waals surface area contributed by atoms with Crippen molar-refractivity contribution in [3.63, 3.8) is 0 Å². The van der Waals surface area contributed by atoms with E-state index in [-0.39, 0.29) is 17.9 Å². The lowest BCUT2D eigenvalue weighted by atomic mass is 9.96. The Morgan fingerprint density at radius 2 is 2.14 bits per heavy atom. The summed E-state index contributed by atoms with van der Waals surface area (Å²) in [7, 11) is 1.25. The summed E-state index contributed by atoms with van der Waals surface area (Å²) in [6.45, 7) is 4.86. The summed E-state index contributed by atoms with van der Waals surface area (Å²) < 4.78 is 10.2. The third kappa shape index (κ3) is 4.16. The van der Waals surface area contributed by atoms with Crippen LogP contribution in [0.25, 0.3) is 0 Å². The molecule has 0 spiro atoms. The minimum Gasteiger partial charge on any atom is -0.484 e. The van der Waals surface area contributed by atoms with Gasteiger partial charge in [-0.15, -0.1) is 0 Å². The Labute approximate surface area is 123 Å². The second-order valence-electron chi connectivity index (χ2n) is 5.22. The molecule has 2 atom stereocenters. The van der Waals surface area contributed by atoms with E-state index in [1.54, 1.807) is 26.0 Å². The molecular weight excluding hydrogens is 276 g/mol. The van der Waals surface area contributed by atoms with Gasteiger partial charge in [-0.3, -0.25) is 14.9 Å². The van der Waals surface area contributed by atoms with E-state index in [0.717, 1.165) is 0 Å². The molecule has 1 aromatic rings. The summed E-state index contributed by atoms with van der Waals surface area (Å²) in [6, 6.07) is 4.83. The molecule has 0 heterocycles. The number of nitrogens with two attached hydrogens (primary N) is 1. The summed E-state index contributed by atoms with van der Waals surface area (Å²) in [5.74, 6) is -0.398. The first kappa shape index (κ1) is 16.9. The number of ether oxygens (including phenoxy) is 2. The topological polar surface area (TPSA) is 105 Å². The van der Waals surface area contributed by atoms with Crippen LogP contribution in [0.4, 0.5) is 5.69 Å². The second kappa shape index (κ2) is 6.53. The predicted octanol–water partition coefficient (Wildman–Crippen LogP) is 1.95. The average molecular weight is 296 g/mol. The molecular formula is C14H20N2O5. The highest BCUT2D eigenvalue weighted by molar-refractivity contribution is 5.79. The van der Waals surface area contributed by atoms with Crippen molar-refractivity contribution in [1.29, 1.82) is 0 Å². The molecule has 0 aliphatic carbocycles. The van der Waals surface area contributed by atoms with Crippen LogP contribution in [0.15, 0.2) is 18.2 Å². The van der Waals surface area contributed by atoms with Gasteiger partial charge in [-0.2, -0.15) is 0 Å². The minimum absolute atomic E-state index is 0.0823. The molecule has 1 aromatic carbocycles. The largest absolute Gasteiger partial charge is 0.484 e. The van der Waals surface area contributed by atoms with Gasteiger partial charge in [-0.25, -0.2) is 0 Å². The molecule has 0 aliphatic heterocycles. The van der Waals surface area contributed by atoms with Crippen LogP contribution in [-0.4, -0.2) is 29.6 Å². The first-order chi connectivity index (χ1) is 9.69. The highest BCUT2D eigenvalue weighted by atomic mass is 16.6. The number of esters is 1. The Morgan fingerprint density at radius 1 is 1.52 bits per heavy atom. The number of nitro groups is 1.